The van der Waals surface area contributed by atoms with Crippen LogP contribution in [0.2, 0.25) is 0 Å². The first-order valence-corrected chi connectivity index (χ1v) is 12.8. The first-order valence-electron chi connectivity index (χ1n) is 10.5. The van der Waals surface area contributed by atoms with Gasteiger partial charge in [-0.05, 0) is 68.7 Å². The fourth-order valence-electron chi connectivity index (χ4n) is 5.00. The second-order valence-electron chi connectivity index (χ2n) is 9.37. The van der Waals surface area contributed by atoms with Gasteiger partial charge in [0.1, 0.15) is 0 Å². The molecule has 1 aliphatic rings. The van der Waals surface area contributed by atoms with Gasteiger partial charge in [-0.25, -0.2) is 8.42 Å². The van der Waals surface area contributed by atoms with Gasteiger partial charge in [0, 0.05) is 22.0 Å². The first kappa shape index (κ1) is 23.4. The first-order chi connectivity index (χ1) is 15.4. The number of nitrogens with zero attached hydrogens (tertiary/aromatic N) is 2. The van der Waals surface area contributed by atoms with Crippen LogP contribution in [-0.2, 0) is 15.4 Å². The fraction of sp³-hybridized carbons (Fsp3) is 0.280. The summed E-state index contributed by atoms with van der Waals surface area (Å²) in [5.74, 6) is 0. The molecule has 0 radical (unpaired) electrons. The Balaban J connectivity index is 1.92. The molecule has 33 heavy (non-hydrogen) atoms. The monoisotopic (exact) mass is 528 g/mol. The zero-order valence-electron chi connectivity index (χ0n) is 18.9. The topological polar surface area (TPSA) is 80.5 Å². The summed E-state index contributed by atoms with van der Waals surface area (Å²) in [4.78, 5) is 10.5. The Kier molecular flexibility index (Phi) is 5.65. The lowest BCUT2D eigenvalue weighted by atomic mass is 9.66. The standard InChI is InChI=1S/C25H25BrN2O4S/c1-17-5-14-23-22(15-17)25(4,18-6-8-19(26)9-7-18)16-24(2,3)27(23)33(31,32)21-12-10-20(11-13-21)28(29)30/h5-15H,16H2,1-4H3. The van der Waals surface area contributed by atoms with Crippen LogP contribution in [0, 0.1) is 17.0 Å². The van der Waals surface area contributed by atoms with Crippen LogP contribution in [0.5, 0.6) is 0 Å². The van der Waals surface area contributed by atoms with Crippen LogP contribution in [0.15, 0.2) is 76.1 Å². The number of non-ortho nitro benzene ring substituents is 1. The van der Waals surface area contributed by atoms with Crippen molar-refractivity contribution in [1.82, 2.24) is 0 Å². The van der Waals surface area contributed by atoms with Crippen LogP contribution >= 0.6 is 15.9 Å². The third-order valence-electron chi connectivity index (χ3n) is 6.37. The molecule has 0 aliphatic carbocycles. The van der Waals surface area contributed by atoms with E-state index in [2.05, 4.69) is 41.1 Å². The Labute approximate surface area is 202 Å². The summed E-state index contributed by atoms with van der Waals surface area (Å²) in [7, 11) is -3.97. The lowest BCUT2D eigenvalue weighted by Crippen LogP contribution is -2.55. The van der Waals surface area contributed by atoms with Gasteiger partial charge in [-0.1, -0.05) is 52.7 Å². The van der Waals surface area contributed by atoms with Crippen molar-refractivity contribution in [2.75, 3.05) is 4.31 Å². The van der Waals surface area contributed by atoms with Crippen molar-refractivity contribution in [2.45, 2.75) is 50.0 Å². The molecule has 0 aromatic heterocycles. The molecule has 0 N–H and O–H groups in total. The van der Waals surface area contributed by atoms with Gasteiger partial charge in [-0.3, -0.25) is 14.4 Å². The number of fused-ring (bicyclic) bond motifs is 1. The minimum absolute atomic E-state index is 0.0277. The maximum absolute atomic E-state index is 13.9. The molecule has 1 atom stereocenters. The Bertz CT molecular complexity index is 1340. The number of sulfonamides is 1. The van der Waals surface area contributed by atoms with E-state index < -0.39 is 25.9 Å². The van der Waals surface area contributed by atoms with E-state index in [9.17, 15) is 18.5 Å². The number of rotatable bonds is 4. The van der Waals surface area contributed by atoms with Crippen molar-refractivity contribution >= 4 is 37.3 Å². The number of anilines is 1. The second-order valence-corrected chi connectivity index (χ2v) is 12.1. The maximum atomic E-state index is 13.9. The molecular formula is C25H25BrN2O4S. The molecule has 0 amide bonds. The van der Waals surface area contributed by atoms with E-state index in [1.54, 1.807) is 0 Å². The Morgan fingerprint density at radius 2 is 1.58 bits per heavy atom. The third kappa shape index (κ3) is 3.95. The van der Waals surface area contributed by atoms with Gasteiger partial charge in [-0.2, -0.15) is 0 Å². The molecule has 8 heteroatoms. The van der Waals surface area contributed by atoms with Gasteiger partial charge in [0.2, 0.25) is 0 Å². The van der Waals surface area contributed by atoms with Crippen LogP contribution in [0.4, 0.5) is 11.4 Å². The zero-order valence-corrected chi connectivity index (χ0v) is 21.3. The molecule has 3 aromatic carbocycles. The van der Waals surface area contributed by atoms with Crippen LogP contribution in [0.25, 0.3) is 0 Å². The third-order valence-corrected chi connectivity index (χ3v) is 8.94. The van der Waals surface area contributed by atoms with Gasteiger partial charge in [0.05, 0.1) is 21.0 Å². The van der Waals surface area contributed by atoms with Crippen molar-refractivity contribution in [3.8, 4) is 0 Å². The van der Waals surface area contributed by atoms with E-state index in [-0.39, 0.29) is 10.6 Å². The fourth-order valence-corrected chi connectivity index (χ4v) is 7.09. The van der Waals surface area contributed by atoms with Crippen molar-refractivity contribution in [3.05, 3.63) is 98.0 Å². The normalized spacial score (nSPS) is 19.7. The molecule has 4 rings (SSSR count). The summed E-state index contributed by atoms with van der Waals surface area (Å²) in [5.41, 5.74) is 2.40. The predicted octanol–water partition coefficient (Wildman–Crippen LogP) is 6.35. The molecule has 0 spiro atoms. The number of hydrogen-bond donors (Lipinski definition) is 0. The van der Waals surface area contributed by atoms with E-state index in [1.165, 1.54) is 28.6 Å². The van der Waals surface area contributed by atoms with Crippen LogP contribution in [0.1, 0.15) is 43.9 Å². The summed E-state index contributed by atoms with van der Waals surface area (Å²) in [6.45, 7) is 8.01. The molecular weight excluding hydrogens is 504 g/mol. The molecule has 0 saturated heterocycles. The average molecular weight is 529 g/mol. The number of nitro groups is 1. The number of nitro benzene ring substituents is 1. The SMILES string of the molecule is Cc1ccc2c(c1)C(C)(c1ccc(Br)cc1)CC(C)(C)N2S(=O)(=O)c1ccc([N+](=O)[O-])cc1. The number of halogens is 1. The summed E-state index contributed by atoms with van der Waals surface area (Å²) in [5, 5.41) is 11.0. The Hall–Kier alpha value is -2.71. The lowest BCUT2D eigenvalue weighted by Gasteiger charge is -2.51. The molecule has 172 valence electrons. The Morgan fingerprint density at radius 1 is 0.970 bits per heavy atom. The average Bonchev–Trinajstić information content (AvgIpc) is 2.74. The van der Waals surface area contributed by atoms with Crippen molar-refractivity contribution in [2.24, 2.45) is 0 Å². The van der Waals surface area contributed by atoms with E-state index in [1.807, 2.05) is 45.0 Å². The molecule has 0 saturated carbocycles. The molecule has 3 aromatic rings. The molecule has 0 fully saturated rings. The van der Waals surface area contributed by atoms with E-state index in [4.69, 9.17) is 0 Å². The molecule has 1 heterocycles. The minimum atomic E-state index is -3.97. The van der Waals surface area contributed by atoms with E-state index >= 15 is 0 Å². The van der Waals surface area contributed by atoms with Crippen LogP contribution in [-0.4, -0.2) is 18.9 Å². The van der Waals surface area contributed by atoms with Crippen molar-refractivity contribution < 1.29 is 13.3 Å². The quantitative estimate of drug-likeness (QED) is 0.291. The maximum Gasteiger partial charge on any atom is 0.269 e. The van der Waals surface area contributed by atoms with Crippen molar-refractivity contribution in [3.63, 3.8) is 0 Å². The van der Waals surface area contributed by atoms with Crippen molar-refractivity contribution in [1.29, 1.82) is 0 Å². The summed E-state index contributed by atoms with van der Waals surface area (Å²) < 4.78 is 30.2. The van der Waals surface area contributed by atoms with Gasteiger partial charge >= 0.3 is 0 Å². The smallest absolute Gasteiger partial charge is 0.260 e. The highest BCUT2D eigenvalue weighted by Gasteiger charge is 2.50. The highest BCUT2D eigenvalue weighted by molar-refractivity contribution is 9.10. The van der Waals surface area contributed by atoms with Gasteiger partial charge in [0.15, 0.2) is 0 Å². The largest absolute Gasteiger partial charge is 0.269 e. The van der Waals surface area contributed by atoms with E-state index in [0.717, 1.165) is 21.2 Å². The van der Waals surface area contributed by atoms with Gasteiger partial charge < -0.3 is 0 Å². The molecule has 1 aliphatic heterocycles. The number of benzene rings is 3. The Morgan fingerprint density at radius 3 is 2.15 bits per heavy atom. The summed E-state index contributed by atoms with van der Waals surface area (Å²) in [6, 6.07) is 19.1. The molecule has 1 unspecified atom stereocenters. The summed E-state index contributed by atoms with van der Waals surface area (Å²) >= 11 is 3.50. The van der Waals surface area contributed by atoms with E-state index in [0.29, 0.717) is 12.1 Å². The number of hydrogen-bond acceptors (Lipinski definition) is 4. The molecule has 6 nitrogen and oxygen atoms in total. The van der Waals surface area contributed by atoms with Crippen LogP contribution < -0.4 is 4.31 Å². The van der Waals surface area contributed by atoms with Crippen LogP contribution in [0.3, 0.4) is 0 Å². The second kappa shape index (κ2) is 7.95. The number of aryl methyl sites for hydroxylation is 1. The predicted molar refractivity (Wildman–Crippen MR) is 133 cm³/mol. The zero-order chi connectivity index (χ0) is 24.2. The molecule has 0 bridgehead atoms. The highest BCUT2D eigenvalue weighted by Crippen LogP contribution is 2.52. The van der Waals surface area contributed by atoms with Gasteiger partial charge in [0.25, 0.3) is 15.7 Å². The van der Waals surface area contributed by atoms with Gasteiger partial charge in [-0.15, -0.1) is 0 Å². The summed E-state index contributed by atoms with van der Waals surface area (Å²) in [6.07, 6.45) is 0.560. The lowest BCUT2D eigenvalue weighted by molar-refractivity contribution is -0.384. The minimum Gasteiger partial charge on any atom is -0.260 e. The highest BCUT2D eigenvalue weighted by atomic mass is 79.9.